The van der Waals surface area contributed by atoms with E-state index in [0.29, 0.717) is 17.0 Å². The number of carbonyl (C=O) groups excluding carboxylic acids is 2. The van der Waals surface area contributed by atoms with Gasteiger partial charge in [-0.15, -0.1) is 0 Å². The molecule has 0 heterocycles. The maximum absolute atomic E-state index is 12.5. The van der Waals surface area contributed by atoms with Crippen LogP contribution in [0.5, 0.6) is 5.75 Å². The van der Waals surface area contributed by atoms with Crippen molar-refractivity contribution in [1.29, 1.82) is 0 Å². The van der Waals surface area contributed by atoms with Crippen LogP contribution in [0.3, 0.4) is 0 Å². The van der Waals surface area contributed by atoms with Crippen LogP contribution in [0.1, 0.15) is 24.0 Å². The second kappa shape index (κ2) is 6.89. The topological polar surface area (TPSA) is 55.4 Å². The molecule has 0 spiro atoms. The number of hydrogen-bond acceptors (Lipinski definition) is 3. The van der Waals surface area contributed by atoms with E-state index in [2.05, 4.69) is 5.32 Å². The number of carbonyl (C=O) groups is 2. The Labute approximate surface area is 130 Å². The van der Waals surface area contributed by atoms with Crippen LogP contribution >= 0.6 is 0 Å². The second-order valence-electron chi connectivity index (χ2n) is 5.18. The minimum atomic E-state index is -0.813. The van der Waals surface area contributed by atoms with Crippen LogP contribution in [0, 0.1) is 6.92 Å². The van der Waals surface area contributed by atoms with Crippen molar-refractivity contribution in [1.82, 2.24) is 0 Å². The molecular weight excluding hydrogens is 278 g/mol. The zero-order valence-electron chi connectivity index (χ0n) is 12.9. The van der Waals surface area contributed by atoms with Crippen molar-refractivity contribution < 1.29 is 14.3 Å². The number of methoxy groups -OCH3 is 1. The molecule has 0 saturated heterocycles. The van der Waals surface area contributed by atoms with Gasteiger partial charge in [0.25, 0.3) is 0 Å². The number of benzene rings is 2. The summed E-state index contributed by atoms with van der Waals surface area (Å²) in [5, 5.41) is 2.77. The highest BCUT2D eigenvalue weighted by Gasteiger charge is 2.25. The van der Waals surface area contributed by atoms with E-state index in [1.165, 1.54) is 6.92 Å². The van der Waals surface area contributed by atoms with Gasteiger partial charge in [-0.25, -0.2) is 0 Å². The van der Waals surface area contributed by atoms with E-state index in [4.69, 9.17) is 4.74 Å². The van der Waals surface area contributed by atoms with E-state index in [1.54, 1.807) is 31.4 Å². The fourth-order valence-corrected chi connectivity index (χ4v) is 2.24. The lowest BCUT2D eigenvalue weighted by Crippen LogP contribution is -2.26. The molecule has 0 saturated carbocycles. The molecule has 0 aromatic heterocycles. The summed E-state index contributed by atoms with van der Waals surface area (Å²) in [5.74, 6) is -0.701. The number of aryl methyl sites for hydroxylation is 1. The van der Waals surface area contributed by atoms with E-state index in [0.717, 1.165) is 5.56 Å². The highest BCUT2D eigenvalue weighted by Crippen LogP contribution is 2.22. The summed E-state index contributed by atoms with van der Waals surface area (Å²) in [4.78, 5) is 24.4. The quantitative estimate of drug-likeness (QED) is 0.861. The Morgan fingerprint density at radius 1 is 1.09 bits per heavy atom. The van der Waals surface area contributed by atoms with E-state index in [-0.39, 0.29) is 11.7 Å². The average molecular weight is 297 g/mol. The molecule has 2 rings (SSSR count). The predicted octanol–water partition coefficient (Wildman–Crippen LogP) is 3.31. The third kappa shape index (κ3) is 3.73. The fourth-order valence-electron chi connectivity index (χ4n) is 2.24. The molecule has 0 aliphatic carbocycles. The van der Waals surface area contributed by atoms with Gasteiger partial charge in [0.05, 0.1) is 7.11 Å². The third-order valence-electron chi connectivity index (χ3n) is 3.42. The van der Waals surface area contributed by atoms with Crippen molar-refractivity contribution >= 4 is 17.4 Å². The Morgan fingerprint density at radius 3 is 2.36 bits per heavy atom. The maximum atomic E-state index is 12.5. The molecule has 22 heavy (non-hydrogen) atoms. The molecule has 1 N–H and O–H groups in total. The van der Waals surface area contributed by atoms with Crippen molar-refractivity contribution in [3.8, 4) is 5.75 Å². The van der Waals surface area contributed by atoms with Crippen molar-refractivity contribution in [2.24, 2.45) is 0 Å². The van der Waals surface area contributed by atoms with Gasteiger partial charge < -0.3 is 10.1 Å². The average Bonchev–Trinajstić information content (AvgIpc) is 2.49. The largest absolute Gasteiger partial charge is 0.497 e. The minimum Gasteiger partial charge on any atom is -0.497 e. The standard InChI is InChI=1S/C18H19NO3/c1-12-7-9-14(10-8-12)17(13(2)20)18(21)19-15-5-4-6-16(11-15)22-3/h4-11,17H,1-3H3,(H,19,21). The van der Waals surface area contributed by atoms with E-state index in [1.807, 2.05) is 31.2 Å². The fraction of sp³-hybridized carbons (Fsp3) is 0.222. The summed E-state index contributed by atoms with van der Waals surface area (Å²) >= 11 is 0. The van der Waals surface area contributed by atoms with Crippen LogP contribution in [0.2, 0.25) is 0 Å². The second-order valence-corrected chi connectivity index (χ2v) is 5.18. The van der Waals surface area contributed by atoms with Crippen molar-refractivity contribution in [2.45, 2.75) is 19.8 Å². The lowest BCUT2D eigenvalue weighted by atomic mass is 9.93. The van der Waals surface area contributed by atoms with Crippen LogP contribution in [0.4, 0.5) is 5.69 Å². The van der Waals surface area contributed by atoms with Crippen molar-refractivity contribution in [2.75, 3.05) is 12.4 Å². The molecular formula is C18H19NO3. The van der Waals surface area contributed by atoms with Crippen LogP contribution < -0.4 is 10.1 Å². The Hall–Kier alpha value is -2.62. The SMILES string of the molecule is COc1cccc(NC(=O)C(C(C)=O)c2ccc(C)cc2)c1. The van der Waals surface area contributed by atoms with Crippen LogP contribution in [-0.2, 0) is 9.59 Å². The number of amides is 1. The molecule has 4 nitrogen and oxygen atoms in total. The summed E-state index contributed by atoms with van der Waals surface area (Å²) in [5.41, 5.74) is 2.38. The lowest BCUT2D eigenvalue weighted by molar-refractivity contribution is -0.126. The predicted molar refractivity (Wildman–Crippen MR) is 86.2 cm³/mol. The summed E-state index contributed by atoms with van der Waals surface area (Å²) in [6.45, 7) is 3.39. The zero-order valence-corrected chi connectivity index (χ0v) is 12.9. The third-order valence-corrected chi connectivity index (χ3v) is 3.42. The maximum Gasteiger partial charge on any atom is 0.239 e. The molecule has 1 amide bonds. The Bertz CT molecular complexity index is 677. The number of ketones is 1. The first-order valence-corrected chi connectivity index (χ1v) is 7.03. The molecule has 2 aromatic rings. The summed E-state index contributed by atoms with van der Waals surface area (Å²) < 4.78 is 5.12. The smallest absolute Gasteiger partial charge is 0.239 e. The van der Waals surface area contributed by atoms with Gasteiger partial charge in [0.2, 0.25) is 5.91 Å². The summed E-state index contributed by atoms with van der Waals surface area (Å²) in [6.07, 6.45) is 0. The van der Waals surface area contributed by atoms with E-state index >= 15 is 0 Å². The van der Waals surface area contributed by atoms with Gasteiger partial charge in [0.1, 0.15) is 17.5 Å². The first kappa shape index (κ1) is 15.8. The minimum absolute atomic E-state index is 0.191. The lowest BCUT2D eigenvalue weighted by Gasteiger charge is -2.15. The van der Waals surface area contributed by atoms with Gasteiger partial charge in [-0.1, -0.05) is 35.9 Å². The molecule has 4 heteroatoms. The molecule has 0 aliphatic rings. The summed E-state index contributed by atoms with van der Waals surface area (Å²) in [7, 11) is 1.56. The molecule has 0 aliphatic heterocycles. The van der Waals surface area contributed by atoms with Gasteiger partial charge in [-0.3, -0.25) is 9.59 Å². The van der Waals surface area contributed by atoms with Crippen LogP contribution in [0.25, 0.3) is 0 Å². The zero-order chi connectivity index (χ0) is 16.1. The number of nitrogens with one attached hydrogen (secondary N) is 1. The van der Waals surface area contributed by atoms with E-state index < -0.39 is 5.92 Å². The van der Waals surface area contributed by atoms with Gasteiger partial charge in [0.15, 0.2) is 0 Å². The number of hydrogen-bond donors (Lipinski definition) is 1. The first-order chi connectivity index (χ1) is 10.5. The molecule has 1 atom stereocenters. The van der Waals surface area contributed by atoms with Gasteiger partial charge in [-0.2, -0.15) is 0 Å². The number of Topliss-reactive ketones (excluding diaryl/α,β-unsaturated/α-hetero) is 1. The molecule has 0 fully saturated rings. The Kier molecular flexibility index (Phi) is 4.94. The number of ether oxygens (including phenoxy) is 1. The molecule has 1 unspecified atom stereocenters. The summed E-state index contributed by atoms with van der Waals surface area (Å²) in [6, 6.07) is 14.4. The molecule has 0 radical (unpaired) electrons. The van der Waals surface area contributed by atoms with E-state index in [9.17, 15) is 9.59 Å². The monoisotopic (exact) mass is 297 g/mol. The normalized spacial score (nSPS) is 11.6. The Morgan fingerprint density at radius 2 is 1.77 bits per heavy atom. The Balaban J connectivity index is 2.23. The number of anilines is 1. The highest BCUT2D eigenvalue weighted by molar-refractivity contribution is 6.11. The number of rotatable bonds is 5. The van der Waals surface area contributed by atoms with Gasteiger partial charge in [-0.05, 0) is 31.5 Å². The molecule has 2 aromatic carbocycles. The van der Waals surface area contributed by atoms with Gasteiger partial charge in [0, 0.05) is 11.8 Å². The van der Waals surface area contributed by atoms with Crippen molar-refractivity contribution in [3.05, 3.63) is 59.7 Å². The van der Waals surface area contributed by atoms with Crippen molar-refractivity contribution in [3.63, 3.8) is 0 Å². The van der Waals surface area contributed by atoms with Gasteiger partial charge >= 0.3 is 0 Å². The molecule has 114 valence electrons. The van der Waals surface area contributed by atoms with Crippen LogP contribution in [-0.4, -0.2) is 18.8 Å². The van der Waals surface area contributed by atoms with Crippen LogP contribution in [0.15, 0.2) is 48.5 Å². The molecule has 0 bridgehead atoms. The first-order valence-electron chi connectivity index (χ1n) is 7.03. The highest BCUT2D eigenvalue weighted by atomic mass is 16.5.